The molecule has 1 fully saturated rings. The number of amides is 1. The summed E-state index contributed by atoms with van der Waals surface area (Å²) < 4.78 is 39.1. The highest BCUT2D eigenvalue weighted by atomic mass is 19.4. The average molecular weight is 400 g/mol. The minimum atomic E-state index is -4.49. The summed E-state index contributed by atoms with van der Waals surface area (Å²) in [5.41, 5.74) is 0.215. The van der Waals surface area contributed by atoms with E-state index in [0.717, 1.165) is 44.2 Å². The first-order chi connectivity index (χ1) is 13.9. The second kappa shape index (κ2) is 8.99. The van der Waals surface area contributed by atoms with E-state index in [1.807, 2.05) is 6.07 Å². The van der Waals surface area contributed by atoms with E-state index in [0.29, 0.717) is 11.1 Å². The summed E-state index contributed by atoms with van der Waals surface area (Å²) in [5.74, 6) is -0.348. The minimum absolute atomic E-state index is 0.0499. The topological polar surface area (TPSA) is 67.0 Å². The molecule has 2 aromatic carbocycles. The van der Waals surface area contributed by atoms with Crippen molar-refractivity contribution in [2.24, 2.45) is 0 Å². The van der Waals surface area contributed by atoms with Gasteiger partial charge >= 0.3 is 6.18 Å². The van der Waals surface area contributed by atoms with Crippen LogP contribution in [0.4, 0.5) is 18.9 Å². The monoisotopic (exact) mass is 400 g/mol. The first-order valence-corrected chi connectivity index (χ1v) is 9.55. The highest BCUT2D eigenvalue weighted by Crippen LogP contribution is 2.37. The molecule has 0 aromatic heterocycles. The number of alkyl halides is 3. The van der Waals surface area contributed by atoms with Crippen LogP contribution in [0.25, 0.3) is 5.32 Å². The number of halogens is 3. The number of benzene rings is 2. The number of nitriles is 1. The van der Waals surface area contributed by atoms with Crippen LogP contribution in [-0.2, 0) is 11.0 Å². The SMILES string of the molecule is N#Cc1ccc(C([N-]c2cccc(C(F)(F)F)c2)C(=O)NC2CCCCC2)cc1. The summed E-state index contributed by atoms with van der Waals surface area (Å²) in [6.07, 6.45) is 0.499. The maximum Gasteiger partial charge on any atom is 0.416 e. The smallest absolute Gasteiger partial charge is 0.416 e. The fourth-order valence-corrected chi connectivity index (χ4v) is 3.46. The normalized spacial score (nSPS) is 15.9. The van der Waals surface area contributed by atoms with Crippen LogP contribution in [0.2, 0.25) is 0 Å². The zero-order chi connectivity index (χ0) is 20.9. The molecule has 29 heavy (non-hydrogen) atoms. The van der Waals surface area contributed by atoms with Gasteiger partial charge < -0.3 is 10.6 Å². The summed E-state index contributed by atoms with van der Waals surface area (Å²) in [6, 6.07) is 12.0. The molecule has 1 N–H and O–H groups in total. The second-order valence-corrected chi connectivity index (χ2v) is 7.16. The maximum absolute atomic E-state index is 13.0. The Hall–Kier alpha value is -3.01. The Bertz CT molecular complexity index is 881. The molecular weight excluding hydrogens is 379 g/mol. The van der Waals surface area contributed by atoms with Crippen LogP contribution >= 0.6 is 0 Å². The van der Waals surface area contributed by atoms with Gasteiger partial charge in [-0.25, -0.2) is 0 Å². The van der Waals surface area contributed by atoms with E-state index in [2.05, 4.69) is 10.6 Å². The van der Waals surface area contributed by atoms with Crippen LogP contribution < -0.4 is 5.32 Å². The van der Waals surface area contributed by atoms with Gasteiger partial charge in [-0.15, -0.1) is 5.69 Å². The van der Waals surface area contributed by atoms with E-state index < -0.39 is 17.8 Å². The van der Waals surface area contributed by atoms with Crippen molar-refractivity contribution in [1.82, 2.24) is 5.32 Å². The van der Waals surface area contributed by atoms with Crippen molar-refractivity contribution >= 4 is 11.6 Å². The molecule has 1 atom stereocenters. The van der Waals surface area contributed by atoms with Crippen molar-refractivity contribution in [1.29, 1.82) is 5.26 Å². The molecule has 3 rings (SSSR count). The lowest BCUT2D eigenvalue weighted by atomic mass is 9.94. The summed E-state index contributed by atoms with van der Waals surface area (Å²) in [5, 5.41) is 16.3. The molecule has 0 spiro atoms. The molecule has 0 bridgehead atoms. The van der Waals surface area contributed by atoms with Gasteiger partial charge in [-0.2, -0.15) is 18.4 Å². The molecule has 4 nitrogen and oxygen atoms in total. The Morgan fingerprint density at radius 1 is 1.10 bits per heavy atom. The van der Waals surface area contributed by atoms with E-state index in [9.17, 15) is 18.0 Å². The van der Waals surface area contributed by atoms with Crippen LogP contribution in [-0.4, -0.2) is 11.9 Å². The van der Waals surface area contributed by atoms with Crippen molar-refractivity contribution in [2.45, 2.75) is 50.4 Å². The van der Waals surface area contributed by atoms with Crippen LogP contribution in [0.15, 0.2) is 48.5 Å². The standard InChI is InChI=1S/C22H21F3N3O/c23-22(24,25)17-5-4-8-19(13-17)27-20(16-11-9-15(14-26)10-12-16)21(29)28-18-6-2-1-3-7-18/h4-5,8-13,18,20H,1-3,6-7H2,(H,28,29)/q-1. The fourth-order valence-electron chi connectivity index (χ4n) is 3.46. The van der Waals surface area contributed by atoms with Crippen molar-refractivity contribution in [2.75, 3.05) is 0 Å². The molecule has 1 unspecified atom stereocenters. The third-order valence-corrected chi connectivity index (χ3v) is 5.01. The highest BCUT2D eigenvalue weighted by molar-refractivity contribution is 5.88. The van der Waals surface area contributed by atoms with Crippen molar-refractivity contribution in [3.8, 4) is 6.07 Å². The molecule has 0 heterocycles. The Balaban J connectivity index is 1.85. The van der Waals surface area contributed by atoms with Crippen LogP contribution in [0.1, 0.15) is 54.8 Å². The lowest BCUT2D eigenvalue weighted by Gasteiger charge is -2.35. The number of carbonyl (C=O) groups excluding carboxylic acids is 1. The lowest BCUT2D eigenvalue weighted by Crippen LogP contribution is -2.38. The Morgan fingerprint density at radius 3 is 2.41 bits per heavy atom. The van der Waals surface area contributed by atoms with Gasteiger partial charge in [-0.05, 0) is 31.0 Å². The number of hydrogen-bond acceptors (Lipinski definition) is 2. The summed E-state index contributed by atoms with van der Waals surface area (Å²) in [7, 11) is 0. The summed E-state index contributed by atoms with van der Waals surface area (Å²) in [6.45, 7) is 0. The van der Waals surface area contributed by atoms with Gasteiger partial charge in [0.15, 0.2) is 0 Å². The third kappa shape index (κ3) is 5.50. The molecule has 0 radical (unpaired) electrons. The number of nitrogens with one attached hydrogen (secondary N) is 1. The van der Waals surface area contributed by atoms with Gasteiger partial charge in [-0.3, -0.25) is 4.79 Å². The van der Waals surface area contributed by atoms with E-state index in [1.54, 1.807) is 24.3 Å². The zero-order valence-electron chi connectivity index (χ0n) is 15.7. The van der Waals surface area contributed by atoms with E-state index in [1.165, 1.54) is 12.1 Å². The van der Waals surface area contributed by atoms with Crippen molar-refractivity contribution < 1.29 is 18.0 Å². The summed E-state index contributed by atoms with van der Waals surface area (Å²) >= 11 is 0. The van der Waals surface area contributed by atoms with E-state index in [4.69, 9.17) is 5.26 Å². The first kappa shape index (κ1) is 20.7. The summed E-state index contributed by atoms with van der Waals surface area (Å²) in [4.78, 5) is 13.0. The van der Waals surface area contributed by atoms with Gasteiger partial charge in [-0.1, -0.05) is 61.2 Å². The number of nitrogens with zero attached hydrogens (tertiary/aromatic N) is 2. The molecule has 0 aliphatic heterocycles. The molecule has 1 aliphatic rings. The fraction of sp³-hybridized carbons (Fsp3) is 0.364. The predicted molar refractivity (Wildman–Crippen MR) is 103 cm³/mol. The van der Waals surface area contributed by atoms with Crippen LogP contribution in [0.5, 0.6) is 0 Å². The van der Waals surface area contributed by atoms with Gasteiger partial charge in [0, 0.05) is 6.04 Å². The highest BCUT2D eigenvalue weighted by Gasteiger charge is 2.30. The molecule has 2 aromatic rings. The lowest BCUT2D eigenvalue weighted by molar-refractivity contribution is -0.137. The van der Waals surface area contributed by atoms with Crippen LogP contribution in [0.3, 0.4) is 0 Å². The van der Waals surface area contributed by atoms with Gasteiger partial charge in [0.2, 0.25) is 5.91 Å². The zero-order valence-corrected chi connectivity index (χ0v) is 15.7. The Kier molecular flexibility index (Phi) is 6.42. The molecule has 1 saturated carbocycles. The molecule has 0 saturated heterocycles. The Morgan fingerprint density at radius 2 is 1.79 bits per heavy atom. The molecule has 1 amide bonds. The quantitative estimate of drug-likeness (QED) is 0.692. The molecule has 152 valence electrons. The molecule has 7 heteroatoms. The van der Waals surface area contributed by atoms with Crippen molar-refractivity contribution in [3.63, 3.8) is 0 Å². The molecule has 1 aliphatic carbocycles. The largest absolute Gasteiger partial charge is 0.670 e. The minimum Gasteiger partial charge on any atom is -0.670 e. The molecular formula is C22H21F3N3O-. The van der Waals surface area contributed by atoms with Crippen LogP contribution in [0, 0.1) is 11.3 Å². The van der Waals surface area contributed by atoms with Gasteiger partial charge in [0.1, 0.15) is 0 Å². The van der Waals surface area contributed by atoms with Crippen molar-refractivity contribution in [3.05, 3.63) is 70.5 Å². The maximum atomic E-state index is 13.0. The van der Waals surface area contributed by atoms with E-state index in [-0.39, 0.29) is 17.6 Å². The average Bonchev–Trinajstić information content (AvgIpc) is 2.72. The number of rotatable bonds is 5. The second-order valence-electron chi connectivity index (χ2n) is 7.16. The Labute approximate surface area is 167 Å². The van der Waals surface area contributed by atoms with Gasteiger partial charge in [0.25, 0.3) is 0 Å². The predicted octanol–water partition coefficient (Wildman–Crippen LogP) is 5.77. The third-order valence-electron chi connectivity index (χ3n) is 5.01. The van der Waals surface area contributed by atoms with Gasteiger partial charge in [0.05, 0.1) is 17.2 Å². The number of carbonyl (C=O) groups is 1. The number of hydrogen-bond donors (Lipinski definition) is 1. The van der Waals surface area contributed by atoms with E-state index >= 15 is 0 Å². The first-order valence-electron chi connectivity index (χ1n) is 9.55.